The first-order chi connectivity index (χ1) is 10.4. The summed E-state index contributed by atoms with van der Waals surface area (Å²) in [7, 11) is -2.40. The van der Waals surface area contributed by atoms with Gasteiger partial charge in [0.15, 0.2) is 0 Å². The largest absolute Gasteiger partial charge is 0.497 e. The third-order valence-electron chi connectivity index (χ3n) is 2.89. The van der Waals surface area contributed by atoms with Crippen molar-refractivity contribution in [3.05, 3.63) is 54.1 Å². The highest BCUT2D eigenvalue weighted by Crippen LogP contribution is 2.17. The van der Waals surface area contributed by atoms with Gasteiger partial charge in [-0.15, -0.1) is 0 Å². The fraction of sp³-hybridized carbons (Fsp3) is 0.133. The van der Waals surface area contributed by atoms with E-state index < -0.39 is 16.1 Å². The summed E-state index contributed by atoms with van der Waals surface area (Å²) in [5.41, 5.74) is 1.36. The van der Waals surface area contributed by atoms with E-state index >= 15 is 0 Å². The van der Waals surface area contributed by atoms with E-state index in [2.05, 4.69) is 5.32 Å². The lowest BCUT2D eigenvalue weighted by Crippen LogP contribution is -2.34. The summed E-state index contributed by atoms with van der Waals surface area (Å²) >= 11 is 0. The van der Waals surface area contributed by atoms with Gasteiger partial charge >= 0.3 is 6.03 Å². The summed E-state index contributed by atoms with van der Waals surface area (Å²) in [6, 6.07) is 12.0. The minimum atomic E-state index is -3.91. The third-order valence-corrected chi connectivity index (χ3v) is 4.23. The Morgan fingerprint density at radius 3 is 2.41 bits per heavy atom. The molecular weight excluding hydrogens is 304 g/mol. The molecule has 0 heterocycles. The zero-order valence-corrected chi connectivity index (χ0v) is 13.0. The molecule has 0 fully saturated rings. The van der Waals surface area contributed by atoms with Crippen molar-refractivity contribution in [2.45, 2.75) is 11.8 Å². The van der Waals surface area contributed by atoms with Crippen LogP contribution in [0.5, 0.6) is 5.75 Å². The van der Waals surface area contributed by atoms with Crippen LogP contribution in [0.25, 0.3) is 0 Å². The molecule has 0 aliphatic heterocycles. The molecular formula is C15H16N2O4S. The monoisotopic (exact) mass is 320 g/mol. The van der Waals surface area contributed by atoms with E-state index in [1.807, 2.05) is 11.6 Å². The molecule has 0 aliphatic rings. The molecule has 0 spiro atoms. The molecule has 0 aromatic heterocycles. The van der Waals surface area contributed by atoms with Gasteiger partial charge in [0.05, 0.1) is 12.0 Å². The van der Waals surface area contributed by atoms with Crippen LogP contribution in [0.4, 0.5) is 10.5 Å². The Bertz CT molecular complexity index is 770. The van der Waals surface area contributed by atoms with Crippen LogP contribution in [0.1, 0.15) is 5.56 Å². The van der Waals surface area contributed by atoms with Crippen molar-refractivity contribution < 1.29 is 17.9 Å². The maximum Gasteiger partial charge on any atom is 0.333 e. The molecule has 2 aromatic rings. The van der Waals surface area contributed by atoms with E-state index in [9.17, 15) is 13.2 Å². The number of hydrogen-bond acceptors (Lipinski definition) is 4. The average Bonchev–Trinajstić information content (AvgIpc) is 2.47. The Balaban J connectivity index is 2.09. The highest BCUT2D eigenvalue weighted by molar-refractivity contribution is 7.90. The van der Waals surface area contributed by atoms with Crippen LogP contribution in [0.3, 0.4) is 0 Å². The standard InChI is InChI=1S/C15H16N2O4S/c1-11-6-8-14(9-7-11)22(19,20)17-15(18)16-12-4-3-5-13(10-12)21-2/h3-10H,1-2H3,(H2,16,17,18). The highest BCUT2D eigenvalue weighted by Gasteiger charge is 2.17. The number of hydrogen-bond donors (Lipinski definition) is 2. The topological polar surface area (TPSA) is 84.5 Å². The Morgan fingerprint density at radius 2 is 1.77 bits per heavy atom. The van der Waals surface area contributed by atoms with Crippen LogP contribution in [-0.2, 0) is 10.0 Å². The molecule has 22 heavy (non-hydrogen) atoms. The molecule has 0 saturated carbocycles. The van der Waals surface area contributed by atoms with Crippen LogP contribution >= 0.6 is 0 Å². The van der Waals surface area contributed by atoms with Gasteiger partial charge in [0, 0.05) is 11.8 Å². The van der Waals surface area contributed by atoms with Crippen LogP contribution in [0.15, 0.2) is 53.4 Å². The maximum absolute atomic E-state index is 12.1. The first-order valence-electron chi connectivity index (χ1n) is 6.45. The van der Waals surface area contributed by atoms with E-state index in [0.29, 0.717) is 11.4 Å². The predicted octanol–water partition coefficient (Wildman–Crippen LogP) is 2.51. The van der Waals surface area contributed by atoms with Crippen molar-refractivity contribution in [1.29, 1.82) is 0 Å². The van der Waals surface area contributed by atoms with Crippen LogP contribution in [-0.4, -0.2) is 21.6 Å². The lowest BCUT2D eigenvalue weighted by Gasteiger charge is -2.09. The van der Waals surface area contributed by atoms with Crippen molar-refractivity contribution >= 4 is 21.7 Å². The maximum atomic E-state index is 12.1. The molecule has 2 aromatic carbocycles. The summed E-state index contributed by atoms with van der Waals surface area (Å²) in [6.07, 6.45) is 0. The van der Waals surface area contributed by atoms with Crippen LogP contribution in [0.2, 0.25) is 0 Å². The number of ether oxygens (including phenoxy) is 1. The molecule has 116 valence electrons. The smallest absolute Gasteiger partial charge is 0.333 e. The first kappa shape index (κ1) is 15.8. The second kappa shape index (κ2) is 6.48. The number of carbonyl (C=O) groups excluding carboxylic acids is 1. The van der Waals surface area contributed by atoms with E-state index in [0.717, 1.165) is 5.56 Å². The quantitative estimate of drug-likeness (QED) is 0.906. The van der Waals surface area contributed by atoms with Gasteiger partial charge in [-0.2, -0.15) is 0 Å². The second-order valence-corrected chi connectivity index (χ2v) is 6.29. The number of rotatable bonds is 4. The number of methoxy groups -OCH3 is 1. The van der Waals surface area contributed by atoms with Gasteiger partial charge in [0.2, 0.25) is 0 Å². The third kappa shape index (κ3) is 3.98. The van der Waals surface area contributed by atoms with E-state index in [-0.39, 0.29) is 4.90 Å². The van der Waals surface area contributed by atoms with Gasteiger partial charge in [-0.3, -0.25) is 0 Å². The number of amides is 2. The van der Waals surface area contributed by atoms with Gasteiger partial charge in [-0.05, 0) is 31.2 Å². The zero-order valence-electron chi connectivity index (χ0n) is 12.2. The Kier molecular flexibility index (Phi) is 4.67. The minimum Gasteiger partial charge on any atom is -0.497 e. The summed E-state index contributed by atoms with van der Waals surface area (Å²) in [6.45, 7) is 1.85. The molecule has 2 rings (SSSR count). The molecule has 0 saturated heterocycles. The van der Waals surface area contributed by atoms with Gasteiger partial charge in [-0.25, -0.2) is 17.9 Å². The van der Waals surface area contributed by atoms with Crippen LogP contribution < -0.4 is 14.8 Å². The van der Waals surface area contributed by atoms with E-state index in [1.165, 1.54) is 19.2 Å². The lowest BCUT2D eigenvalue weighted by atomic mass is 10.2. The fourth-order valence-electron chi connectivity index (χ4n) is 1.76. The molecule has 0 atom stereocenters. The summed E-state index contributed by atoms with van der Waals surface area (Å²) in [4.78, 5) is 11.9. The molecule has 6 nitrogen and oxygen atoms in total. The summed E-state index contributed by atoms with van der Waals surface area (Å²) in [5, 5.41) is 2.44. The number of anilines is 1. The lowest BCUT2D eigenvalue weighted by molar-refractivity contribution is 0.256. The second-order valence-electron chi connectivity index (χ2n) is 4.60. The van der Waals surface area contributed by atoms with Crippen molar-refractivity contribution in [1.82, 2.24) is 4.72 Å². The highest BCUT2D eigenvalue weighted by atomic mass is 32.2. The number of carbonyl (C=O) groups is 1. The number of urea groups is 1. The molecule has 7 heteroatoms. The van der Waals surface area contributed by atoms with Crippen molar-refractivity contribution in [2.75, 3.05) is 12.4 Å². The van der Waals surface area contributed by atoms with Gasteiger partial charge in [0.1, 0.15) is 5.75 Å². The SMILES string of the molecule is COc1cccc(NC(=O)NS(=O)(=O)c2ccc(C)cc2)c1. The molecule has 0 bridgehead atoms. The number of nitrogens with one attached hydrogen (secondary N) is 2. The van der Waals surface area contributed by atoms with Crippen molar-refractivity contribution in [3.8, 4) is 5.75 Å². The van der Waals surface area contributed by atoms with Crippen LogP contribution in [0, 0.1) is 6.92 Å². The van der Waals surface area contributed by atoms with Gasteiger partial charge in [0.25, 0.3) is 10.0 Å². The molecule has 2 amide bonds. The molecule has 0 aliphatic carbocycles. The molecule has 0 radical (unpaired) electrons. The number of benzene rings is 2. The fourth-order valence-corrected chi connectivity index (χ4v) is 2.66. The Labute approximate surface area is 129 Å². The zero-order chi connectivity index (χ0) is 16.2. The normalized spacial score (nSPS) is 10.8. The molecule has 2 N–H and O–H groups in total. The van der Waals surface area contributed by atoms with Gasteiger partial charge in [-0.1, -0.05) is 23.8 Å². The number of sulfonamides is 1. The Hall–Kier alpha value is -2.54. The summed E-state index contributed by atoms with van der Waals surface area (Å²) < 4.78 is 31.1. The Morgan fingerprint density at radius 1 is 1.09 bits per heavy atom. The number of aryl methyl sites for hydroxylation is 1. The molecule has 0 unspecified atom stereocenters. The van der Waals surface area contributed by atoms with Crippen molar-refractivity contribution in [3.63, 3.8) is 0 Å². The average molecular weight is 320 g/mol. The first-order valence-corrected chi connectivity index (χ1v) is 7.93. The summed E-state index contributed by atoms with van der Waals surface area (Å²) in [5.74, 6) is 0.555. The van der Waals surface area contributed by atoms with Crippen molar-refractivity contribution in [2.24, 2.45) is 0 Å². The van der Waals surface area contributed by atoms with E-state index in [4.69, 9.17) is 4.74 Å². The minimum absolute atomic E-state index is 0.0268. The predicted molar refractivity (Wildman–Crippen MR) is 83.5 cm³/mol. The van der Waals surface area contributed by atoms with E-state index in [1.54, 1.807) is 36.4 Å². The van der Waals surface area contributed by atoms with Gasteiger partial charge < -0.3 is 10.1 Å².